The normalized spacial score (nSPS) is 14.8. The summed E-state index contributed by atoms with van der Waals surface area (Å²) in [6, 6.07) is 16.4. The Morgan fingerprint density at radius 1 is 0.969 bits per heavy atom. The molecule has 1 saturated heterocycles. The van der Waals surface area contributed by atoms with E-state index in [1.807, 2.05) is 29.2 Å². The van der Waals surface area contributed by atoms with Gasteiger partial charge in [0.25, 0.3) is 11.1 Å². The zero-order valence-corrected chi connectivity index (χ0v) is 17.8. The Morgan fingerprint density at radius 3 is 2.47 bits per heavy atom. The molecule has 0 spiro atoms. The van der Waals surface area contributed by atoms with Gasteiger partial charge >= 0.3 is 0 Å². The van der Waals surface area contributed by atoms with Crippen LogP contribution in [0.1, 0.15) is 24.0 Å². The van der Waals surface area contributed by atoms with E-state index in [0.29, 0.717) is 29.4 Å². The van der Waals surface area contributed by atoms with Gasteiger partial charge in [0.1, 0.15) is 0 Å². The van der Waals surface area contributed by atoms with E-state index in [4.69, 9.17) is 5.26 Å². The van der Waals surface area contributed by atoms with Crippen molar-refractivity contribution in [2.45, 2.75) is 25.9 Å². The van der Waals surface area contributed by atoms with Gasteiger partial charge in [-0.05, 0) is 36.2 Å². The Labute approximate surface area is 185 Å². The molecule has 1 fully saturated rings. The van der Waals surface area contributed by atoms with E-state index in [0.717, 1.165) is 31.6 Å². The van der Waals surface area contributed by atoms with Crippen molar-refractivity contribution in [3.8, 4) is 6.07 Å². The predicted octanol–water partition coefficient (Wildman–Crippen LogP) is 1.69. The van der Waals surface area contributed by atoms with Gasteiger partial charge in [-0.2, -0.15) is 5.26 Å². The number of aromatic nitrogens is 2. The molecule has 164 valence electrons. The van der Waals surface area contributed by atoms with Crippen molar-refractivity contribution in [2.24, 2.45) is 0 Å². The van der Waals surface area contributed by atoms with Crippen molar-refractivity contribution >= 4 is 16.7 Å². The highest BCUT2D eigenvalue weighted by Crippen LogP contribution is 2.11. The van der Waals surface area contributed by atoms with Crippen LogP contribution in [-0.4, -0.2) is 51.7 Å². The number of nitriles is 1. The second kappa shape index (κ2) is 9.62. The minimum Gasteiger partial charge on any atom is -0.341 e. The first kappa shape index (κ1) is 21.5. The molecule has 1 amide bonds. The van der Waals surface area contributed by atoms with Crippen LogP contribution in [0, 0.1) is 11.3 Å². The molecule has 1 aliphatic rings. The van der Waals surface area contributed by atoms with E-state index in [9.17, 15) is 14.4 Å². The van der Waals surface area contributed by atoms with Gasteiger partial charge in [0.05, 0.1) is 28.9 Å². The average molecular weight is 431 g/mol. The molecule has 0 saturated carbocycles. The summed E-state index contributed by atoms with van der Waals surface area (Å²) in [4.78, 5) is 41.8. The lowest BCUT2D eigenvalue weighted by molar-refractivity contribution is -0.131. The zero-order valence-electron chi connectivity index (χ0n) is 17.8. The number of benzene rings is 2. The van der Waals surface area contributed by atoms with Gasteiger partial charge in [-0.15, -0.1) is 0 Å². The van der Waals surface area contributed by atoms with Crippen molar-refractivity contribution in [1.82, 2.24) is 19.6 Å². The van der Waals surface area contributed by atoms with Crippen LogP contribution in [0.3, 0.4) is 0 Å². The Hall–Kier alpha value is -3.70. The van der Waals surface area contributed by atoms with Crippen LogP contribution >= 0.6 is 0 Å². The standard InChI is InChI=1S/C24H25N5O3/c25-16-18-6-8-19(9-7-18)17-27-11-3-12-28(15-14-27)22(30)10-13-29-24(32)21-5-2-1-4-20(21)23(31)26-29/h1-2,4-9H,3,10-15,17H2,(H,26,31). The number of carbonyl (C=O) groups is 1. The van der Waals surface area contributed by atoms with Crippen LogP contribution in [-0.2, 0) is 17.9 Å². The number of nitrogens with zero attached hydrogens (tertiary/aromatic N) is 4. The fraction of sp³-hybridized carbons (Fsp3) is 0.333. The van der Waals surface area contributed by atoms with Crippen molar-refractivity contribution in [3.63, 3.8) is 0 Å². The van der Waals surface area contributed by atoms with Crippen molar-refractivity contribution in [1.29, 1.82) is 5.26 Å². The molecule has 0 unspecified atom stereocenters. The number of aromatic amines is 1. The Bertz CT molecular complexity index is 1270. The van der Waals surface area contributed by atoms with Crippen LogP contribution in [0.2, 0.25) is 0 Å². The third-order valence-electron chi connectivity index (χ3n) is 5.86. The number of hydrogen-bond donors (Lipinski definition) is 1. The minimum atomic E-state index is -0.333. The topological polar surface area (TPSA) is 102 Å². The lowest BCUT2D eigenvalue weighted by atomic mass is 10.1. The Kier molecular flexibility index (Phi) is 6.47. The number of hydrogen-bond acceptors (Lipinski definition) is 5. The fourth-order valence-electron chi connectivity index (χ4n) is 4.09. The first-order valence-electron chi connectivity index (χ1n) is 10.8. The summed E-state index contributed by atoms with van der Waals surface area (Å²) < 4.78 is 1.23. The molecule has 1 aromatic heterocycles. The number of aryl methyl sites for hydroxylation is 1. The molecule has 2 heterocycles. The first-order valence-corrected chi connectivity index (χ1v) is 10.8. The number of rotatable bonds is 5. The van der Waals surface area contributed by atoms with Crippen LogP contribution < -0.4 is 11.1 Å². The monoisotopic (exact) mass is 431 g/mol. The summed E-state index contributed by atoms with van der Waals surface area (Å²) in [6.45, 7) is 3.87. The molecule has 8 nitrogen and oxygen atoms in total. The van der Waals surface area contributed by atoms with Gasteiger partial charge < -0.3 is 4.90 Å². The maximum atomic E-state index is 12.8. The van der Waals surface area contributed by atoms with Gasteiger partial charge in [-0.1, -0.05) is 24.3 Å². The van der Waals surface area contributed by atoms with Crippen LogP contribution in [0.4, 0.5) is 0 Å². The number of nitrogens with one attached hydrogen (secondary N) is 1. The van der Waals surface area contributed by atoms with Gasteiger partial charge in [0, 0.05) is 39.1 Å². The lowest BCUT2D eigenvalue weighted by Gasteiger charge is -2.22. The van der Waals surface area contributed by atoms with Gasteiger partial charge in [-0.3, -0.25) is 24.4 Å². The third kappa shape index (κ3) is 4.79. The summed E-state index contributed by atoms with van der Waals surface area (Å²) in [5.74, 6) is -0.0221. The Morgan fingerprint density at radius 2 is 1.72 bits per heavy atom. The van der Waals surface area contributed by atoms with Crippen molar-refractivity contribution in [3.05, 3.63) is 80.4 Å². The molecule has 3 aromatic rings. The molecular weight excluding hydrogens is 406 g/mol. The smallest absolute Gasteiger partial charge is 0.273 e. The molecule has 32 heavy (non-hydrogen) atoms. The zero-order chi connectivity index (χ0) is 22.5. The van der Waals surface area contributed by atoms with Crippen LogP contribution in [0.15, 0.2) is 58.1 Å². The minimum absolute atomic E-state index is 0.0221. The average Bonchev–Trinajstić information content (AvgIpc) is 3.06. The SMILES string of the molecule is N#Cc1ccc(CN2CCCN(C(=O)CCn3[nH]c(=O)c4ccccc4c3=O)CC2)cc1. The second-order valence-electron chi connectivity index (χ2n) is 8.01. The van der Waals surface area contributed by atoms with E-state index < -0.39 is 0 Å². The van der Waals surface area contributed by atoms with E-state index in [-0.39, 0.29) is 30.0 Å². The molecule has 4 rings (SSSR count). The maximum absolute atomic E-state index is 12.8. The van der Waals surface area contributed by atoms with E-state index in [1.165, 1.54) is 4.68 Å². The van der Waals surface area contributed by atoms with Crippen molar-refractivity contribution in [2.75, 3.05) is 26.2 Å². The molecule has 0 radical (unpaired) electrons. The van der Waals surface area contributed by atoms with Gasteiger partial charge in [0.2, 0.25) is 5.91 Å². The molecule has 2 aromatic carbocycles. The fourth-order valence-corrected chi connectivity index (χ4v) is 4.09. The van der Waals surface area contributed by atoms with Gasteiger partial charge in [-0.25, -0.2) is 4.68 Å². The number of H-pyrrole nitrogens is 1. The third-order valence-corrected chi connectivity index (χ3v) is 5.86. The van der Waals surface area contributed by atoms with Crippen LogP contribution in [0.25, 0.3) is 10.8 Å². The van der Waals surface area contributed by atoms with Gasteiger partial charge in [0.15, 0.2) is 0 Å². The summed E-state index contributed by atoms with van der Waals surface area (Å²) in [7, 11) is 0. The highest BCUT2D eigenvalue weighted by molar-refractivity contribution is 5.80. The molecule has 1 N–H and O–H groups in total. The molecule has 1 aliphatic heterocycles. The highest BCUT2D eigenvalue weighted by atomic mass is 16.2. The predicted molar refractivity (Wildman–Crippen MR) is 121 cm³/mol. The first-order chi connectivity index (χ1) is 15.5. The number of carbonyl (C=O) groups excluding carboxylic acids is 1. The summed E-state index contributed by atoms with van der Waals surface area (Å²) >= 11 is 0. The molecular formula is C24H25N5O3. The quantitative estimate of drug-likeness (QED) is 0.662. The van der Waals surface area contributed by atoms with Crippen LogP contribution in [0.5, 0.6) is 0 Å². The van der Waals surface area contributed by atoms with E-state index in [1.54, 1.807) is 24.3 Å². The number of amides is 1. The lowest BCUT2D eigenvalue weighted by Crippen LogP contribution is -2.37. The molecule has 0 bridgehead atoms. The largest absolute Gasteiger partial charge is 0.341 e. The number of fused-ring (bicyclic) bond motifs is 1. The molecule has 0 atom stereocenters. The summed E-state index contributed by atoms with van der Waals surface area (Å²) in [6.07, 6.45) is 1.03. The van der Waals surface area contributed by atoms with Crippen molar-refractivity contribution < 1.29 is 4.79 Å². The molecule has 0 aliphatic carbocycles. The maximum Gasteiger partial charge on any atom is 0.273 e. The highest BCUT2D eigenvalue weighted by Gasteiger charge is 2.19. The second-order valence-corrected chi connectivity index (χ2v) is 8.01. The summed E-state index contributed by atoms with van der Waals surface area (Å²) in [5, 5.41) is 12.2. The van der Waals surface area contributed by atoms with E-state index >= 15 is 0 Å². The molecule has 8 heteroatoms. The Balaban J connectivity index is 1.35. The van der Waals surface area contributed by atoms with E-state index in [2.05, 4.69) is 16.1 Å². The summed E-state index contributed by atoms with van der Waals surface area (Å²) in [5.41, 5.74) is 1.16.